The molecule has 1 amide bonds. The number of esters is 1. The minimum absolute atomic E-state index is 0.0494. The second-order valence-electron chi connectivity index (χ2n) is 5.01. The van der Waals surface area contributed by atoms with Crippen molar-refractivity contribution in [1.29, 1.82) is 0 Å². The highest BCUT2D eigenvalue weighted by molar-refractivity contribution is 5.75. The minimum atomic E-state index is -2.78. The summed E-state index contributed by atoms with van der Waals surface area (Å²) in [7, 11) is 0. The summed E-state index contributed by atoms with van der Waals surface area (Å²) in [6, 6.07) is 0. The summed E-state index contributed by atoms with van der Waals surface area (Å²) in [5.41, 5.74) is 0.407. The number of rotatable bonds is 4. The number of nitrogens with zero attached hydrogens (tertiary/aromatic N) is 3. The van der Waals surface area contributed by atoms with Crippen molar-refractivity contribution in [2.75, 3.05) is 19.7 Å². The molecule has 1 aromatic rings. The zero-order valence-electron chi connectivity index (χ0n) is 12.0. The highest BCUT2D eigenvalue weighted by atomic mass is 19.3. The van der Waals surface area contributed by atoms with E-state index in [1.807, 2.05) is 0 Å². The van der Waals surface area contributed by atoms with Gasteiger partial charge in [-0.1, -0.05) is 0 Å². The predicted octanol–water partition coefficient (Wildman–Crippen LogP) is 1.92. The Labute approximate surface area is 125 Å². The number of halogens is 2. The smallest absolute Gasteiger partial charge is 0.407 e. The van der Waals surface area contributed by atoms with E-state index in [0.717, 1.165) is 6.20 Å². The number of hydrogen-bond acceptors (Lipinski definition) is 4. The van der Waals surface area contributed by atoms with Crippen molar-refractivity contribution in [2.24, 2.45) is 5.92 Å². The molecule has 1 saturated heterocycles. The molecule has 2 unspecified atom stereocenters. The molecule has 0 aliphatic carbocycles. The van der Waals surface area contributed by atoms with Gasteiger partial charge < -0.3 is 14.7 Å². The van der Waals surface area contributed by atoms with Crippen LogP contribution in [0.5, 0.6) is 0 Å². The van der Waals surface area contributed by atoms with E-state index in [0.29, 0.717) is 10.2 Å². The summed E-state index contributed by atoms with van der Waals surface area (Å²) in [4.78, 5) is 24.3. The summed E-state index contributed by atoms with van der Waals surface area (Å²) in [5, 5.41) is 12.6. The molecule has 9 heteroatoms. The van der Waals surface area contributed by atoms with Crippen LogP contribution in [-0.4, -0.2) is 51.5 Å². The maximum absolute atomic E-state index is 12.6. The van der Waals surface area contributed by atoms with E-state index in [-0.39, 0.29) is 26.1 Å². The van der Waals surface area contributed by atoms with E-state index < -0.39 is 30.4 Å². The summed E-state index contributed by atoms with van der Waals surface area (Å²) >= 11 is 0. The van der Waals surface area contributed by atoms with E-state index in [2.05, 4.69) is 5.10 Å². The maximum atomic E-state index is 12.6. The van der Waals surface area contributed by atoms with E-state index in [9.17, 15) is 18.4 Å². The lowest BCUT2D eigenvalue weighted by atomic mass is 9.82. The highest BCUT2D eigenvalue weighted by Gasteiger charge is 2.38. The molecule has 7 nitrogen and oxygen atoms in total. The Morgan fingerprint density at radius 2 is 2.27 bits per heavy atom. The van der Waals surface area contributed by atoms with E-state index in [1.54, 1.807) is 6.92 Å². The predicted molar refractivity (Wildman–Crippen MR) is 70.6 cm³/mol. The third-order valence-electron chi connectivity index (χ3n) is 3.72. The second-order valence-corrected chi connectivity index (χ2v) is 5.01. The van der Waals surface area contributed by atoms with E-state index >= 15 is 0 Å². The van der Waals surface area contributed by atoms with Gasteiger partial charge in [0.1, 0.15) is 0 Å². The van der Waals surface area contributed by atoms with Crippen LogP contribution in [0.25, 0.3) is 0 Å². The van der Waals surface area contributed by atoms with Crippen LogP contribution >= 0.6 is 0 Å². The van der Waals surface area contributed by atoms with Crippen LogP contribution in [0.2, 0.25) is 0 Å². The molecule has 0 aromatic carbocycles. The van der Waals surface area contributed by atoms with Gasteiger partial charge in [-0.25, -0.2) is 9.48 Å². The third kappa shape index (κ3) is 3.34. The Morgan fingerprint density at radius 3 is 2.82 bits per heavy atom. The van der Waals surface area contributed by atoms with Crippen molar-refractivity contribution >= 4 is 12.1 Å². The Hall–Kier alpha value is -2.19. The van der Waals surface area contributed by atoms with Crippen molar-refractivity contribution in [2.45, 2.75) is 25.8 Å². The largest absolute Gasteiger partial charge is 0.466 e. The molecule has 1 aromatic heterocycles. The molecule has 1 fully saturated rings. The lowest BCUT2D eigenvalue weighted by molar-refractivity contribution is -0.150. The first kappa shape index (κ1) is 16.2. The van der Waals surface area contributed by atoms with Crippen molar-refractivity contribution < 1.29 is 28.2 Å². The number of carbonyl (C=O) groups is 2. The fraction of sp³-hybridized carbons (Fsp3) is 0.615. The van der Waals surface area contributed by atoms with Crippen LogP contribution in [0.4, 0.5) is 13.6 Å². The molecule has 1 N–H and O–H groups in total. The molecule has 1 aliphatic heterocycles. The SMILES string of the molecule is CCOC(=O)C1CCN(C(=O)O)CC1c1cnn(C(F)F)c1. The highest BCUT2D eigenvalue weighted by Crippen LogP contribution is 2.33. The van der Waals surface area contributed by atoms with E-state index in [1.165, 1.54) is 11.1 Å². The van der Waals surface area contributed by atoms with Gasteiger partial charge in [0.25, 0.3) is 0 Å². The summed E-state index contributed by atoms with van der Waals surface area (Å²) in [6.07, 6.45) is 1.57. The van der Waals surface area contributed by atoms with Crippen LogP contribution in [0.15, 0.2) is 12.4 Å². The number of aromatic nitrogens is 2. The first-order valence-electron chi connectivity index (χ1n) is 6.90. The number of carbonyl (C=O) groups excluding carboxylic acids is 1. The lowest BCUT2D eigenvalue weighted by Gasteiger charge is -2.35. The van der Waals surface area contributed by atoms with Gasteiger partial charge in [-0.15, -0.1) is 0 Å². The fourth-order valence-electron chi connectivity index (χ4n) is 2.65. The topological polar surface area (TPSA) is 84.7 Å². The minimum Gasteiger partial charge on any atom is -0.466 e. The lowest BCUT2D eigenvalue weighted by Crippen LogP contribution is -2.44. The molecular weight excluding hydrogens is 300 g/mol. The Kier molecular flexibility index (Phi) is 4.94. The number of ether oxygens (including phenoxy) is 1. The van der Waals surface area contributed by atoms with Gasteiger partial charge in [-0.05, 0) is 18.9 Å². The summed E-state index contributed by atoms with van der Waals surface area (Å²) in [5.74, 6) is -1.55. The van der Waals surface area contributed by atoms with Gasteiger partial charge in [0, 0.05) is 25.2 Å². The zero-order chi connectivity index (χ0) is 16.3. The molecule has 0 radical (unpaired) electrons. The number of carboxylic acid groups (broad SMARTS) is 1. The molecule has 122 valence electrons. The molecule has 22 heavy (non-hydrogen) atoms. The van der Waals surface area contributed by atoms with Gasteiger partial charge in [0.2, 0.25) is 0 Å². The van der Waals surface area contributed by atoms with Crippen LogP contribution in [-0.2, 0) is 9.53 Å². The van der Waals surface area contributed by atoms with E-state index in [4.69, 9.17) is 9.84 Å². The van der Waals surface area contributed by atoms with Crippen molar-refractivity contribution in [3.8, 4) is 0 Å². The Morgan fingerprint density at radius 1 is 1.55 bits per heavy atom. The van der Waals surface area contributed by atoms with Crippen LogP contribution in [0.3, 0.4) is 0 Å². The van der Waals surface area contributed by atoms with Gasteiger partial charge >= 0.3 is 18.6 Å². The van der Waals surface area contributed by atoms with Gasteiger partial charge in [-0.2, -0.15) is 13.9 Å². The number of amides is 1. The fourth-order valence-corrected chi connectivity index (χ4v) is 2.65. The molecule has 2 rings (SSSR count). The average Bonchev–Trinajstić information content (AvgIpc) is 2.96. The molecular formula is C13H17F2N3O4. The van der Waals surface area contributed by atoms with Crippen LogP contribution < -0.4 is 0 Å². The van der Waals surface area contributed by atoms with Crippen molar-refractivity contribution in [1.82, 2.24) is 14.7 Å². The first-order chi connectivity index (χ1) is 10.4. The monoisotopic (exact) mass is 317 g/mol. The van der Waals surface area contributed by atoms with Crippen LogP contribution in [0, 0.1) is 5.92 Å². The van der Waals surface area contributed by atoms with Crippen molar-refractivity contribution in [3.63, 3.8) is 0 Å². The quantitative estimate of drug-likeness (QED) is 0.858. The standard InChI is InChI=1S/C13H17F2N3O4/c1-2-22-11(19)9-3-4-17(13(20)21)7-10(9)8-5-16-18(6-8)12(14)15/h5-6,9-10,12H,2-4,7H2,1H3,(H,20,21). The Balaban J connectivity index is 2.25. The van der Waals surface area contributed by atoms with Crippen molar-refractivity contribution in [3.05, 3.63) is 18.0 Å². The summed E-state index contributed by atoms with van der Waals surface area (Å²) < 4.78 is 30.8. The Bertz CT molecular complexity index is 549. The number of alkyl halides is 2. The second kappa shape index (κ2) is 6.71. The van der Waals surface area contributed by atoms with Gasteiger partial charge in [-0.3, -0.25) is 4.79 Å². The zero-order valence-corrected chi connectivity index (χ0v) is 12.0. The number of piperidine rings is 1. The molecule has 1 aliphatic rings. The molecule has 0 saturated carbocycles. The number of hydrogen-bond donors (Lipinski definition) is 1. The van der Waals surface area contributed by atoms with Gasteiger partial charge in [0.15, 0.2) is 0 Å². The summed E-state index contributed by atoms with van der Waals surface area (Å²) in [6.45, 7) is -0.643. The molecule has 0 spiro atoms. The first-order valence-corrected chi connectivity index (χ1v) is 6.90. The molecule has 2 heterocycles. The number of likely N-dealkylation sites (tertiary alicyclic amines) is 1. The average molecular weight is 317 g/mol. The third-order valence-corrected chi connectivity index (χ3v) is 3.72. The molecule has 2 atom stereocenters. The normalized spacial score (nSPS) is 21.9. The molecule has 0 bridgehead atoms. The maximum Gasteiger partial charge on any atom is 0.407 e. The van der Waals surface area contributed by atoms with Crippen LogP contribution in [0.1, 0.15) is 31.4 Å². The van der Waals surface area contributed by atoms with Gasteiger partial charge in [0.05, 0.1) is 18.7 Å².